The first-order valence-electron chi connectivity index (χ1n) is 8.29. The predicted molar refractivity (Wildman–Crippen MR) is 93.5 cm³/mol. The minimum atomic E-state index is -0.234. The Morgan fingerprint density at radius 2 is 2.04 bits per heavy atom. The zero-order valence-corrected chi connectivity index (χ0v) is 14.6. The number of hydrogen-bond donors (Lipinski definition) is 1. The van der Waals surface area contributed by atoms with Crippen molar-refractivity contribution < 1.29 is 9.18 Å². The first-order chi connectivity index (χ1) is 11.6. The largest absolute Gasteiger partial charge is 0.354 e. The van der Waals surface area contributed by atoms with Crippen LogP contribution >= 0.6 is 11.3 Å². The summed E-state index contributed by atoms with van der Waals surface area (Å²) in [6, 6.07) is 6.69. The summed E-state index contributed by atoms with van der Waals surface area (Å²) >= 11 is 1.55. The average Bonchev–Trinajstić information content (AvgIpc) is 3.21. The van der Waals surface area contributed by atoms with Crippen LogP contribution in [-0.4, -0.2) is 35.4 Å². The number of aromatic nitrogens is 1. The second-order valence-corrected chi connectivity index (χ2v) is 7.21. The molecular weight excluding hydrogens is 325 g/mol. The highest BCUT2D eigenvalue weighted by Gasteiger charge is 2.24. The minimum absolute atomic E-state index is 0.0217. The molecule has 2 heterocycles. The molecule has 3 rings (SSSR count). The standard InChI is InChI=1S/C18H22FN3OS/c1-13-21-16(12-24-13)10-18(23)20-11-17(22-8-2-3-9-22)14-4-6-15(19)7-5-14/h4-7,12,17H,2-3,8-11H2,1H3,(H,20,23)/t17-/m1/s1. The molecule has 1 atom stereocenters. The number of benzene rings is 1. The van der Waals surface area contributed by atoms with Gasteiger partial charge in [0.2, 0.25) is 5.91 Å². The third kappa shape index (κ3) is 4.39. The summed E-state index contributed by atoms with van der Waals surface area (Å²) in [6.45, 7) is 4.50. The number of hydrogen-bond acceptors (Lipinski definition) is 4. The van der Waals surface area contributed by atoms with Gasteiger partial charge < -0.3 is 5.32 Å². The molecule has 1 aromatic carbocycles. The van der Waals surface area contributed by atoms with Crippen LogP contribution in [0.3, 0.4) is 0 Å². The Kier molecular flexibility index (Phi) is 5.58. The molecule has 0 aliphatic carbocycles. The molecule has 0 saturated carbocycles. The van der Waals surface area contributed by atoms with E-state index >= 15 is 0 Å². The summed E-state index contributed by atoms with van der Waals surface area (Å²) in [5.74, 6) is -0.256. The molecule has 2 aromatic rings. The lowest BCUT2D eigenvalue weighted by Gasteiger charge is -2.28. The summed E-state index contributed by atoms with van der Waals surface area (Å²) in [5, 5.41) is 5.92. The fraction of sp³-hybridized carbons (Fsp3) is 0.444. The number of nitrogens with zero attached hydrogens (tertiary/aromatic N) is 2. The molecule has 1 aromatic heterocycles. The van der Waals surface area contributed by atoms with Gasteiger partial charge in [-0.2, -0.15) is 0 Å². The van der Waals surface area contributed by atoms with Gasteiger partial charge in [0.1, 0.15) is 5.82 Å². The molecule has 1 aliphatic rings. The molecule has 1 fully saturated rings. The smallest absolute Gasteiger partial charge is 0.226 e. The molecule has 0 bridgehead atoms. The summed E-state index contributed by atoms with van der Waals surface area (Å²) < 4.78 is 13.2. The molecule has 1 saturated heterocycles. The Morgan fingerprint density at radius 1 is 1.33 bits per heavy atom. The van der Waals surface area contributed by atoms with Crippen LogP contribution in [0.15, 0.2) is 29.6 Å². The molecular formula is C18H22FN3OS. The van der Waals surface area contributed by atoms with E-state index in [0.29, 0.717) is 13.0 Å². The zero-order chi connectivity index (χ0) is 16.9. The van der Waals surface area contributed by atoms with E-state index in [1.54, 1.807) is 11.3 Å². The van der Waals surface area contributed by atoms with Gasteiger partial charge in [-0.1, -0.05) is 12.1 Å². The zero-order valence-electron chi connectivity index (χ0n) is 13.8. The number of nitrogens with one attached hydrogen (secondary N) is 1. The maximum Gasteiger partial charge on any atom is 0.226 e. The van der Waals surface area contributed by atoms with Gasteiger partial charge in [-0.3, -0.25) is 9.69 Å². The van der Waals surface area contributed by atoms with Gasteiger partial charge in [-0.05, 0) is 50.6 Å². The van der Waals surface area contributed by atoms with Crippen LogP contribution in [0, 0.1) is 12.7 Å². The van der Waals surface area contributed by atoms with Gasteiger partial charge in [-0.15, -0.1) is 11.3 Å². The monoisotopic (exact) mass is 347 g/mol. The average molecular weight is 347 g/mol. The molecule has 1 N–H and O–H groups in total. The number of aryl methyl sites for hydroxylation is 1. The fourth-order valence-electron chi connectivity index (χ4n) is 3.12. The maximum absolute atomic E-state index is 13.2. The molecule has 1 amide bonds. The number of carbonyl (C=O) groups is 1. The first-order valence-corrected chi connectivity index (χ1v) is 9.17. The van der Waals surface area contributed by atoms with Crippen molar-refractivity contribution in [3.63, 3.8) is 0 Å². The number of halogens is 1. The van der Waals surface area contributed by atoms with Crippen molar-refractivity contribution in [3.8, 4) is 0 Å². The van der Waals surface area contributed by atoms with E-state index < -0.39 is 0 Å². The maximum atomic E-state index is 13.2. The number of rotatable bonds is 6. The van der Waals surface area contributed by atoms with E-state index in [1.165, 1.54) is 25.0 Å². The molecule has 0 radical (unpaired) electrons. The SMILES string of the molecule is Cc1nc(CC(=O)NC[C@H](c2ccc(F)cc2)N2CCCC2)cs1. The molecule has 0 spiro atoms. The van der Waals surface area contributed by atoms with E-state index in [1.807, 2.05) is 24.4 Å². The Labute approximate surface area is 145 Å². The first kappa shape index (κ1) is 17.0. The van der Waals surface area contributed by atoms with Crippen LogP contribution in [-0.2, 0) is 11.2 Å². The summed E-state index contributed by atoms with van der Waals surface area (Å²) in [7, 11) is 0. The predicted octanol–water partition coefficient (Wildman–Crippen LogP) is 3.09. The van der Waals surface area contributed by atoms with Crippen molar-refractivity contribution in [1.82, 2.24) is 15.2 Å². The van der Waals surface area contributed by atoms with Crippen LogP contribution in [0.25, 0.3) is 0 Å². The highest BCUT2D eigenvalue weighted by molar-refractivity contribution is 7.09. The number of thiazole rings is 1. The van der Waals surface area contributed by atoms with Crippen LogP contribution in [0.4, 0.5) is 4.39 Å². The van der Waals surface area contributed by atoms with Crippen molar-refractivity contribution in [2.75, 3.05) is 19.6 Å². The van der Waals surface area contributed by atoms with Crippen molar-refractivity contribution in [3.05, 3.63) is 51.7 Å². The lowest BCUT2D eigenvalue weighted by Crippen LogP contribution is -2.37. The van der Waals surface area contributed by atoms with Gasteiger partial charge in [0.25, 0.3) is 0 Å². The van der Waals surface area contributed by atoms with Crippen LogP contribution in [0.2, 0.25) is 0 Å². The van der Waals surface area contributed by atoms with Gasteiger partial charge in [0, 0.05) is 11.9 Å². The fourth-order valence-corrected chi connectivity index (χ4v) is 3.74. The second-order valence-electron chi connectivity index (χ2n) is 6.15. The number of likely N-dealkylation sites (tertiary alicyclic amines) is 1. The highest BCUT2D eigenvalue weighted by Crippen LogP contribution is 2.24. The van der Waals surface area contributed by atoms with Crippen molar-refractivity contribution in [1.29, 1.82) is 0 Å². The number of amides is 1. The highest BCUT2D eigenvalue weighted by atomic mass is 32.1. The minimum Gasteiger partial charge on any atom is -0.354 e. The Bertz CT molecular complexity index is 680. The van der Waals surface area contributed by atoms with Gasteiger partial charge in [0.05, 0.1) is 23.2 Å². The lowest BCUT2D eigenvalue weighted by molar-refractivity contribution is -0.120. The van der Waals surface area contributed by atoms with Crippen molar-refractivity contribution in [2.45, 2.75) is 32.2 Å². The second kappa shape index (κ2) is 7.85. The van der Waals surface area contributed by atoms with E-state index in [9.17, 15) is 9.18 Å². The van der Waals surface area contributed by atoms with Crippen LogP contribution in [0.1, 0.15) is 35.1 Å². The normalized spacial score (nSPS) is 16.2. The van der Waals surface area contributed by atoms with E-state index in [2.05, 4.69) is 15.2 Å². The van der Waals surface area contributed by atoms with Gasteiger partial charge in [-0.25, -0.2) is 9.37 Å². The molecule has 4 nitrogen and oxygen atoms in total. The van der Waals surface area contributed by atoms with E-state index in [0.717, 1.165) is 29.4 Å². The Morgan fingerprint density at radius 3 is 2.67 bits per heavy atom. The summed E-state index contributed by atoms with van der Waals surface area (Å²) in [4.78, 5) is 18.9. The van der Waals surface area contributed by atoms with E-state index in [-0.39, 0.29) is 17.8 Å². The third-order valence-electron chi connectivity index (χ3n) is 4.34. The van der Waals surface area contributed by atoms with Crippen LogP contribution in [0.5, 0.6) is 0 Å². The van der Waals surface area contributed by atoms with Crippen LogP contribution < -0.4 is 5.32 Å². The number of carbonyl (C=O) groups excluding carboxylic acids is 1. The third-order valence-corrected chi connectivity index (χ3v) is 5.16. The van der Waals surface area contributed by atoms with Gasteiger partial charge >= 0.3 is 0 Å². The lowest BCUT2D eigenvalue weighted by atomic mass is 10.1. The molecule has 6 heteroatoms. The summed E-state index contributed by atoms with van der Waals surface area (Å²) in [5.41, 5.74) is 1.86. The molecule has 24 heavy (non-hydrogen) atoms. The van der Waals surface area contributed by atoms with Crippen molar-refractivity contribution in [2.24, 2.45) is 0 Å². The Balaban J connectivity index is 1.63. The van der Waals surface area contributed by atoms with Crippen molar-refractivity contribution >= 4 is 17.2 Å². The topological polar surface area (TPSA) is 45.2 Å². The van der Waals surface area contributed by atoms with Gasteiger partial charge in [0.15, 0.2) is 0 Å². The molecule has 0 unspecified atom stereocenters. The molecule has 128 valence electrons. The quantitative estimate of drug-likeness (QED) is 0.873. The Hall–Kier alpha value is -1.79. The molecule has 1 aliphatic heterocycles. The van der Waals surface area contributed by atoms with E-state index in [4.69, 9.17) is 0 Å². The summed E-state index contributed by atoms with van der Waals surface area (Å²) in [6.07, 6.45) is 2.65.